The average molecular weight is 387 g/mol. The first-order chi connectivity index (χ1) is 12.2. The molecule has 2 saturated heterocycles. The lowest BCUT2D eigenvalue weighted by Crippen LogP contribution is -2.60. The topological polar surface area (TPSA) is 65.4 Å². The van der Waals surface area contributed by atoms with Crippen LogP contribution in [0.1, 0.15) is 87.5 Å². The van der Waals surface area contributed by atoms with E-state index in [9.17, 15) is 10.4 Å². The normalized spacial score (nSPS) is 29.1. The van der Waals surface area contributed by atoms with Gasteiger partial charge in [0.15, 0.2) is 0 Å². The minimum absolute atomic E-state index is 0.161. The van der Waals surface area contributed by atoms with Crippen LogP contribution in [-0.4, -0.2) is 68.1 Å². The number of nitrogens with zero attached hydrogens (tertiary/aromatic N) is 2. The summed E-state index contributed by atoms with van der Waals surface area (Å²) in [5, 5.41) is 23.7. The van der Waals surface area contributed by atoms with E-state index in [-0.39, 0.29) is 34.4 Å². The number of hydroxylamine groups is 4. The van der Waals surface area contributed by atoms with E-state index in [1.54, 1.807) is 0 Å². The summed E-state index contributed by atoms with van der Waals surface area (Å²) in [6, 6.07) is 0. The van der Waals surface area contributed by atoms with E-state index in [2.05, 4.69) is 55.4 Å². The Morgan fingerprint density at radius 2 is 0.889 bits per heavy atom. The van der Waals surface area contributed by atoms with E-state index in [0.29, 0.717) is 13.2 Å². The van der Waals surface area contributed by atoms with Crippen molar-refractivity contribution in [3.63, 3.8) is 0 Å². The molecular weight excluding hydrogens is 344 g/mol. The van der Waals surface area contributed by atoms with Crippen LogP contribution in [-0.2, 0) is 9.47 Å². The molecule has 0 atom stereocenters. The summed E-state index contributed by atoms with van der Waals surface area (Å²) < 4.78 is 12.2. The fourth-order valence-electron chi connectivity index (χ4n) is 5.15. The highest BCUT2D eigenvalue weighted by molar-refractivity contribution is 4.97. The second-order valence-electron chi connectivity index (χ2n) is 11.0. The second-order valence-corrected chi connectivity index (χ2v) is 11.0. The lowest BCUT2D eigenvalue weighted by Gasteiger charge is -2.51. The molecule has 0 unspecified atom stereocenters. The van der Waals surface area contributed by atoms with E-state index >= 15 is 0 Å². The standard InChI is InChI=1S/C21H42N2O4/c1-18(2)12-16(13-19(3,4)22(18)24)26-10-9-11-27-17-14-20(5,6)23(25)21(7,8)15-17/h16-17,24-25H,9-15H2,1-8H3. The Balaban J connectivity index is 1.73. The van der Waals surface area contributed by atoms with Crippen LogP contribution in [0.25, 0.3) is 0 Å². The van der Waals surface area contributed by atoms with Crippen molar-refractivity contribution in [3.05, 3.63) is 0 Å². The van der Waals surface area contributed by atoms with E-state index in [4.69, 9.17) is 9.47 Å². The zero-order valence-electron chi connectivity index (χ0n) is 18.7. The van der Waals surface area contributed by atoms with E-state index in [1.165, 1.54) is 10.1 Å². The van der Waals surface area contributed by atoms with Gasteiger partial charge in [0, 0.05) is 35.4 Å². The first-order valence-electron chi connectivity index (χ1n) is 10.4. The summed E-state index contributed by atoms with van der Waals surface area (Å²) in [5.74, 6) is 0. The van der Waals surface area contributed by atoms with Crippen molar-refractivity contribution in [1.29, 1.82) is 0 Å². The average Bonchev–Trinajstić information content (AvgIpc) is 2.49. The van der Waals surface area contributed by atoms with E-state index < -0.39 is 0 Å². The smallest absolute Gasteiger partial charge is 0.0611 e. The zero-order valence-corrected chi connectivity index (χ0v) is 18.7. The van der Waals surface area contributed by atoms with Crippen molar-refractivity contribution in [2.24, 2.45) is 0 Å². The number of hydrogen-bond donors (Lipinski definition) is 2. The second kappa shape index (κ2) is 7.88. The van der Waals surface area contributed by atoms with Gasteiger partial charge < -0.3 is 19.9 Å². The fraction of sp³-hybridized carbons (Fsp3) is 1.00. The monoisotopic (exact) mass is 386 g/mol. The number of ether oxygens (including phenoxy) is 2. The largest absolute Gasteiger partial charge is 0.378 e. The molecule has 0 spiro atoms. The Morgan fingerprint density at radius 1 is 0.630 bits per heavy atom. The Kier molecular flexibility index (Phi) is 6.73. The molecule has 2 fully saturated rings. The van der Waals surface area contributed by atoms with Crippen molar-refractivity contribution in [1.82, 2.24) is 10.1 Å². The predicted molar refractivity (Wildman–Crippen MR) is 106 cm³/mol. The predicted octanol–water partition coefficient (Wildman–Crippen LogP) is 4.23. The molecule has 0 aliphatic carbocycles. The number of rotatable bonds is 6. The van der Waals surface area contributed by atoms with Gasteiger partial charge in [-0.1, -0.05) is 0 Å². The summed E-state index contributed by atoms with van der Waals surface area (Å²) in [6.07, 6.45) is 4.48. The molecule has 2 aliphatic heterocycles. The molecule has 0 saturated carbocycles. The van der Waals surface area contributed by atoms with Crippen molar-refractivity contribution in [3.8, 4) is 0 Å². The van der Waals surface area contributed by atoms with Crippen LogP contribution < -0.4 is 0 Å². The highest BCUT2D eigenvalue weighted by Crippen LogP contribution is 2.39. The molecule has 0 radical (unpaired) electrons. The molecule has 6 nitrogen and oxygen atoms in total. The minimum Gasteiger partial charge on any atom is -0.378 e. The maximum absolute atomic E-state index is 10.4. The lowest BCUT2D eigenvalue weighted by molar-refractivity contribution is -0.263. The molecular formula is C21H42N2O4. The van der Waals surface area contributed by atoms with Crippen LogP contribution in [0.3, 0.4) is 0 Å². The Bertz CT molecular complexity index is 424. The molecule has 0 bridgehead atoms. The van der Waals surface area contributed by atoms with Crippen LogP contribution in [0.4, 0.5) is 0 Å². The zero-order chi connectivity index (χ0) is 20.7. The number of piperidine rings is 2. The van der Waals surface area contributed by atoms with Gasteiger partial charge in [-0.15, -0.1) is 0 Å². The molecule has 160 valence electrons. The van der Waals surface area contributed by atoms with Crippen LogP contribution in [0.15, 0.2) is 0 Å². The molecule has 6 heteroatoms. The van der Waals surface area contributed by atoms with Crippen LogP contribution in [0.2, 0.25) is 0 Å². The quantitative estimate of drug-likeness (QED) is 0.666. The van der Waals surface area contributed by atoms with Crippen molar-refractivity contribution < 1.29 is 19.9 Å². The molecule has 2 rings (SSSR count). The van der Waals surface area contributed by atoms with Crippen LogP contribution in [0, 0.1) is 0 Å². The highest BCUT2D eigenvalue weighted by atomic mass is 16.5. The molecule has 27 heavy (non-hydrogen) atoms. The summed E-state index contributed by atoms with van der Waals surface area (Å²) >= 11 is 0. The molecule has 2 N–H and O–H groups in total. The highest BCUT2D eigenvalue weighted by Gasteiger charge is 2.46. The number of hydrogen-bond acceptors (Lipinski definition) is 6. The Morgan fingerprint density at radius 3 is 1.15 bits per heavy atom. The summed E-state index contributed by atoms with van der Waals surface area (Å²) in [6.45, 7) is 17.8. The summed E-state index contributed by atoms with van der Waals surface area (Å²) in [5.41, 5.74) is -1.12. The van der Waals surface area contributed by atoms with E-state index in [1.807, 2.05) is 0 Å². The SMILES string of the molecule is CC1(C)CC(OCCCOC2CC(C)(C)N(O)C(C)(C)C2)CC(C)(C)N1O. The molecule has 0 amide bonds. The third-order valence-corrected chi connectivity index (χ3v) is 6.20. The first kappa shape index (κ1) is 23.0. The molecule has 0 aromatic rings. The van der Waals surface area contributed by atoms with Crippen LogP contribution >= 0.6 is 0 Å². The molecule has 0 aromatic heterocycles. The third-order valence-electron chi connectivity index (χ3n) is 6.20. The van der Waals surface area contributed by atoms with Gasteiger partial charge in [0.25, 0.3) is 0 Å². The molecule has 2 aliphatic rings. The third kappa shape index (κ3) is 5.43. The maximum Gasteiger partial charge on any atom is 0.0611 e. The van der Waals surface area contributed by atoms with Gasteiger partial charge in [0.2, 0.25) is 0 Å². The van der Waals surface area contributed by atoms with Crippen molar-refractivity contribution >= 4 is 0 Å². The lowest BCUT2D eigenvalue weighted by atomic mass is 9.80. The van der Waals surface area contributed by atoms with Gasteiger partial charge in [0.05, 0.1) is 12.2 Å². The summed E-state index contributed by atoms with van der Waals surface area (Å²) in [4.78, 5) is 0. The molecule has 2 heterocycles. The van der Waals surface area contributed by atoms with E-state index in [0.717, 1.165) is 32.1 Å². The van der Waals surface area contributed by atoms with Gasteiger partial charge in [0.1, 0.15) is 0 Å². The van der Waals surface area contributed by atoms with Gasteiger partial charge in [-0.25, -0.2) is 0 Å². The summed E-state index contributed by atoms with van der Waals surface area (Å²) in [7, 11) is 0. The van der Waals surface area contributed by atoms with Gasteiger partial charge in [-0.3, -0.25) is 0 Å². The van der Waals surface area contributed by atoms with Crippen LogP contribution in [0.5, 0.6) is 0 Å². The van der Waals surface area contributed by atoms with Gasteiger partial charge in [-0.2, -0.15) is 10.1 Å². The van der Waals surface area contributed by atoms with Crippen molar-refractivity contribution in [2.75, 3.05) is 13.2 Å². The van der Waals surface area contributed by atoms with Gasteiger partial charge in [-0.05, 0) is 87.5 Å². The van der Waals surface area contributed by atoms with Gasteiger partial charge >= 0.3 is 0 Å². The Labute approximate surface area is 165 Å². The first-order valence-corrected chi connectivity index (χ1v) is 10.4. The fourth-order valence-corrected chi connectivity index (χ4v) is 5.15. The molecule has 0 aromatic carbocycles. The minimum atomic E-state index is -0.279. The Hall–Kier alpha value is -0.240. The van der Waals surface area contributed by atoms with Crippen molar-refractivity contribution in [2.45, 2.75) is 122 Å². The maximum atomic E-state index is 10.4.